The fourth-order valence-corrected chi connectivity index (χ4v) is 3.05. The summed E-state index contributed by atoms with van der Waals surface area (Å²) in [7, 11) is 0. The molecule has 9 nitrogen and oxygen atoms in total. The smallest absolute Gasteiger partial charge is 0.325 e. The van der Waals surface area contributed by atoms with Gasteiger partial charge in [-0.1, -0.05) is 55.1 Å². The molecule has 1 rings (SSSR count). The molecular weight excluding hydrogens is 459 g/mol. The van der Waals surface area contributed by atoms with Gasteiger partial charge >= 0.3 is 5.97 Å². The molecule has 0 unspecified atom stereocenters. The van der Waals surface area contributed by atoms with E-state index in [0.29, 0.717) is 25.8 Å². The number of carbonyl (C=O) groups excluding carboxylic acids is 4. The minimum atomic E-state index is -1.72. The highest BCUT2D eigenvalue weighted by molar-refractivity contribution is 6.67. The van der Waals surface area contributed by atoms with Crippen LogP contribution < -0.4 is 16.1 Å². The largest absolute Gasteiger partial charge is 0.460 e. The van der Waals surface area contributed by atoms with Crippen molar-refractivity contribution >= 4 is 58.5 Å². The van der Waals surface area contributed by atoms with Gasteiger partial charge in [-0.05, 0) is 25.7 Å². The third-order valence-electron chi connectivity index (χ3n) is 4.70. The summed E-state index contributed by atoms with van der Waals surface area (Å²) in [4.78, 5) is 48.9. The number of hydrogen-bond donors (Lipinski definition) is 3. The average Bonchev–Trinajstić information content (AvgIpc) is 2.68. The summed E-state index contributed by atoms with van der Waals surface area (Å²) < 4.78 is 3.24. The molecule has 0 aromatic rings. The van der Waals surface area contributed by atoms with Crippen LogP contribution in [0.3, 0.4) is 0 Å². The van der Waals surface area contributed by atoms with Crippen LogP contribution in [-0.4, -0.2) is 63.8 Å². The number of hydrazine groups is 1. The predicted octanol–water partition coefficient (Wildman–Crippen LogP) is 1.45. The Hall–Kier alpha value is -1.29. The standard InChI is InChI=1S/C18H29Cl3N4O5/c1-5-10(2)14(23-12(4)26)15(27)22-11(3)16(28)25-8-6-7-13(24-25)17(29)30-9-18(19,20)21/h10-11,13-14,24H,5-9H2,1-4H3,(H,22,27)(H,23,26)/t10-,11-,13-,14-/m0/s1. The maximum Gasteiger partial charge on any atom is 0.325 e. The zero-order valence-electron chi connectivity index (χ0n) is 17.5. The molecule has 4 atom stereocenters. The van der Waals surface area contributed by atoms with Gasteiger partial charge in [0.2, 0.25) is 15.6 Å². The molecule has 3 N–H and O–H groups in total. The SMILES string of the molecule is CC[C@H](C)[C@H](NC(C)=O)C(=O)N[C@@H](C)C(=O)N1CCC[C@@H](C(=O)OCC(Cl)(Cl)Cl)N1. The van der Waals surface area contributed by atoms with Crippen molar-refractivity contribution in [2.45, 2.75) is 68.9 Å². The lowest BCUT2D eigenvalue weighted by atomic mass is 9.98. The van der Waals surface area contributed by atoms with Crippen molar-refractivity contribution < 1.29 is 23.9 Å². The lowest BCUT2D eigenvalue weighted by molar-refractivity contribution is -0.152. The first kappa shape index (κ1) is 26.7. The number of nitrogens with zero attached hydrogens (tertiary/aromatic N) is 1. The van der Waals surface area contributed by atoms with Gasteiger partial charge in [-0.25, -0.2) is 5.43 Å². The highest BCUT2D eigenvalue weighted by Gasteiger charge is 2.34. The lowest BCUT2D eigenvalue weighted by Gasteiger charge is -2.34. The van der Waals surface area contributed by atoms with E-state index in [0.717, 1.165) is 0 Å². The van der Waals surface area contributed by atoms with Gasteiger partial charge in [0.15, 0.2) is 0 Å². The zero-order chi connectivity index (χ0) is 23.1. The van der Waals surface area contributed by atoms with Gasteiger partial charge in [0.05, 0.1) is 0 Å². The summed E-state index contributed by atoms with van der Waals surface area (Å²) in [6, 6.07) is -2.40. The Morgan fingerprint density at radius 1 is 1.20 bits per heavy atom. The molecule has 12 heteroatoms. The number of alkyl halides is 3. The van der Waals surface area contributed by atoms with Crippen LogP contribution in [0.1, 0.15) is 47.0 Å². The number of nitrogens with one attached hydrogen (secondary N) is 3. The van der Waals surface area contributed by atoms with E-state index in [1.54, 1.807) is 0 Å². The van der Waals surface area contributed by atoms with Crippen LogP contribution in [0.5, 0.6) is 0 Å². The fourth-order valence-electron chi connectivity index (χ4n) is 2.89. The van der Waals surface area contributed by atoms with Crippen molar-refractivity contribution in [3.05, 3.63) is 0 Å². The molecule has 30 heavy (non-hydrogen) atoms. The van der Waals surface area contributed by atoms with Gasteiger partial charge in [-0.15, -0.1) is 0 Å². The van der Waals surface area contributed by atoms with E-state index < -0.39 is 46.3 Å². The topological polar surface area (TPSA) is 117 Å². The van der Waals surface area contributed by atoms with Gasteiger partial charge in [0.1, 0.15) is 24.7 Å². The van der Waals surface area contributed by atoms with Crippen LogP contribution in [-0.2, 0) is 23.9 Å². The predicted molar refractivity (Wildman–Crippen MR) is 114 cm³/mol. The van der Waals surface area contributed by atoms with Crippen molar-refractivity contribution in [2.75, 3.05) is 13.2 Å². The molecule has 1 saturated heterocycles. The fraction of sp³-hybridized carbons (Fsp3) is 0.778. The number of ether oxygens (including phenoxy) is 1. The molecule has 0 radical (unpaired) electrons. The van der Waals surface area contributed by atoms with Crippen LogP contribution in [0.2, 0.25) is 0 Å². The molecule has 0 bridgehead atoms. The maximum absolute atomic E-state index is 12.7. The molecule has 0 aromatic carbocycles. The van der Waals surface area contributed by atoms with Gasteiger partial charge in [0, 0.05) is 13.5 Å². The minimum absolute atomic E-state index is 0.110. The number of rotatable bonds is 8. The van der Waals surface area contributed by atoms with Crippen molar-refractivity contribution in [3.63, 3.8) is 0 Å². The summed E-state index contributed by atoms with van der Waals surface area (Å²) in [5, 5.41) is 6.52. The molecular formula is C18H29Cl3N4O5. The third-order valence-corrected chi connectivity index (χ3v) is 5.03. The first-order chi connectivity index (χ1) is 13.9. The van der Waals surface area contributed by atoms with Crippen LogP contribution in [0.4, 0.5) is 0 Å². The maximum atomic E-state index is 12.7. The third kappa shape index (κ3) is 8.83. The Balaban J connectivity index is 2.69. The Labute approximate surface area is 191 Å². The monoisotopic (exact) mass is 486 g/mol. The van der Waals surface area contributed by atoms with E-state index in [1.165, 1.54) is 18.9 Å². The zero-order valence-corrected chi connectivity index (χ0v) is 19.7. The van der Waals surface area contributed by atoms with Gasteiger partial charge in [0.25, 0.3) is 5.91 Å². The highest BCUT2D eigenvalue weighted by Crippen LogP contribution is 2.26. The summed E-state index contributed by atoms with van der Waals surface area (Å²) >= 11 is 16.7. The number of esters is 1. The molecule has 1 aliphatic rings. The van der Waals surface area contributed by atoms with E-state index in [-0.39, 0.29) is 11.8 Å². The summed E-state index contributed by atoms with van der Waals surface area (Å²) in [5.74, 6) is -1.95. The number of carbonyl (C=O) groups is 4. The first-order valence-electron chi connectivity index (χ1n) is 9.74. The van der Waals surface area contributed by atoms with Crippen LogP contribution in [0.25, 0.3) is 0 Å². The molecule has 0 saturated carbocycles. The molecule has 0 aliphatic carbocycles. The molecule has 172 valence electrons. The second-order valence-corrected chi connectivity index (χ2v) is 9.85. The van der Waals surface area contributed by atoms with E-state index in [9.17, 15) is 19.2 Å². The van der Waals surface area contributed by atoms with Crippen LogP contribution >= 0.6 is 34.8 Å². The molecule has 1 heterocycles. The lowest BCUT2D eigenvalue weighted by Crippen LogP contribution is -2.61. The first-order valence-corrected chi connectivity index (χ1v) is 10.9. The van der Waals surface area contributed by atoms with Crippen molar-refractivity contribution in [3.8, 4) is 0 Å². The summed E-state index contributed by atoms with van der Waals surface area (Å²) in [5.41, 5.74) is 2.80. The number of halogens is 3. The second-order valence-electron chi connectivity index (χ2n) is 7.33. The molecule has 0 spiro atoms. The highest BCUT2D eigenvalue weighted by atomic mass is 35.6. The Bertz CT molecular complexity index is 644. The normalized spacial score (nSPS) is 20.0. The second kappa shape index (κ2) is 11.9. The van der Waals surface area contributed by atoms with Gasteiger partial charge in [-0.3, -0.25) is 24.2 Å². The van der Waals surface area contributed by atoms with Crippen LogP contribution in [0, 0.1) is 5.92 Å². The van der Waals surface area contributed by atoms with Crippen molar-refractivity contribution in [1.82, 2.24) is 21.1 Å². The molecule has 1 aliphatic heterocycles. The summed E-state index contributed by atoms with van der Waals surface area (Å²) in [6.45, 7) is 6.56. The van der Waals surface area contributed by atoms with Gasteiger partial charge < -0.3 is 15.4 Å². The Kier molecular flexibility index (Phi) is 10.6. The van der Waals surface area contributed by atoms with E-state index >= 15 is 0 Å². The Morgan fingerprint density at radius 2 is 1.83 bits per heavy atom. The quantitative estimate of drug-likeness (QED) is 0.352. The van der Waals surface area contributed by atoms with Crippen LogP contribution in [0.15, 0.2) is 0 Å². The van der Waals surface area contributed by atoms with Crippen molar-refractivity contribution in [2.24, 2.45) is 5.92 Å². The molecule has 3 amide bonds. The van der Waals surface area contributed by atoms with Crippen molar-refractivity contribution in [1.29, 1.82) is 0 Å². The number of hydrogen-bond acceptors (Lipinski definition) is 6. The van der Waals surface area contributed by atoms with E-state index in [2.05, 4.69) is 16.1 Å². The van der Waals surface area contributed by atoms with Gasteiger partial charge in [-0.2, -0.15) is 0 Å². The minimum Gasteiger partial charge on any atom is -0.460 e. The molecule has 1 fully saturated rings. The number of amides is 3. The van der Waals surface area contributed by atoms with E-state index in [4.69, 9.17) is 39.5 Å². The Morgan fingerprint density at radius 3 is 2.37 bits per heavy atom. The molecule has 0 aromatic heterocycles. The average molecular weight is 488 g/mol. The summed E-state index contributed by atoms with van der Waals surface area (Å²) in [6.07, 6.45) is 1.67. The van der Waals surface area contributed by atoms with E-state index in [1.807, 2.05) is 13.8 Å².